The van der Waals surface area contributed by atoms with E-state index in [9.17, 15) is 4.79 Å². The summed E-state index contributed by atoms with van der Waals surface area (Å²) in [5.74, 6) is 3.67. The zero-order valence-electron chi connectivity index (χ0n) is 14.9. The van der Waals surface area contributed by atoms with Crippen molar-refractivity contribution < 1.29 is 4.79 Å². The van der Waals surface area contributed by atoms with Crippen molar-refractivity contribution in [2.75, 3.05) is 18.0 Å². The topological polar surface area (TPSA) is 58.1 Å². The highest BCUT2D eigenvalue weighted by molar-refractivity contribution is 5.83. The average Bonchev–Trinajstić information content (AvgIpc) is 2.62. The van der Waals surface area contributed by atoms with Crippen molar-refractivity contribution >= 4 is 11.9 Å². The third kappa shape index (κ3) is 2.81. The normalized spacial score (nSPS) is 37.3. The van der Waals surface area contributed by atoms with Gasteiger partial charge < -0.3 is 10.2 Å². The van der Waals surface area contributed by atoms with Gasteiger partial charge in [0.05, 0.1) is 0 Å². The van der Waals surface area contributed by atoms with Gasteiger partial charge in [0.1, 0.15) is 0 Å². The van der Waals surface area contributed by atoms with Gasteiger partial charge in [0.2, 0.25) is 11.9 Å². The van der Waals surface area contributed by atoms with Crippen LogP contribution in [-0.4, -0.2) is 35.0 Å². The van der Waals surface area contributed by atoms with Gasteiger partial charge in [0, 0.05) is 36.9 Å². The number of carbonyl (C=O) groups is 1. The lowest BCUT2D eigenvalue weighted by Crippen LogP contribution is -2.56. The summed E-state index contributed by atoms with van der Waals surface area (Å²) in [6.45, 7) is 1.85. The highest BCUT2D eigenvalue weighted by Gasteiger charge is 2.54. The lowest BCUT2D eigenvalue weighted by molar-refractivity contribution is -0.147. The fourth-order valence-corrected chi connectivity index (χ4v) is 6.41. The Morgan fingerprint density at radius 1 is 1.00 bits per heavy atom. The first-order chi connectivity index (χ1) is 12.2. The number of nitrogens with one attached hydrogen (secondary N) is 1. The molecule has 1 amide bonds. The molecule has 25 heavy (non-hydrogen) atoms. The quantitative estimate of drug-likeness (QED) is 0.919. The van der Waals surface area contributed by atoms with Crippen LogP contribution in [0.1, 0.15) is 51.4 Å². The number of hydrogen-bond acceptors (Lipinski definition) is 4. The molecule has 6 rings (SSSR count). The van der Waals surface area contributed by atoms with Crippen LogP contribution in [0.2, 0.25) is 0 Å². The van der Waals surface area contributed by atoms with Gasteiger partial charge in [-0.25, -0.2) is 9.97 Å². The molecule has 0 unspecified atom stereocenters. The Bertz CT molecular complexity index is 603. The summed E-state index contributed by atoms with van der Waals surface area (Å²) in [7, 11) is 0. The van der Waals surface area contributed by atoms with Gasteiger partial charge in [-0.05, 0) is 75.2 Å². The Labute approximate surface area is 149 Å². The Kier molecular flexibility index (Phi) is 3.72. The number of piperidine rings is 1. The molecule has 5 fully saturated rings. The minimum atomic E-state index is -0.0194. The predicted octanol–water partition coefficient (Wildman–Crippen LogP) is 2.78. The molecule has 1 N–H and O–H groups in total. The second kappa shape index (κ2) is 5.96. The molecule has 1 saturated heterocycles. The fraction of sp³-hybridized carbons (Fsp3) is 0.750. The van der Waals surface area contributed by atoms with Gasteiger partial charge in [-0.3, -0.25) is 4.79 Å². The van der Waals surface area contributed by atoms with E-state index < -0.39 is 0 Å². The average molecular weight is 340 g/mol. The van der Waals surface area contributed by atoms with Gasteiger partial charge in [0.25, 0.3) is 0 Å². The Morgan fingerprint density at radius 2 is 1.56 bits per heavy atom. The van der Waals surface area contributed by atoms with Crippen molar-refractivity contribution in [2.45, 2.75) is 57.4 Å². The predicted molar refractivity (Wildman–Crippen MR) is 96.0 cm³/mol. The maximum atomic E-state index is 13.2. The van der Waals surface area contributed by atoms with Crippen LogP contribution in [0.3, 0.4) is 0 Å². The summed E-state index contributed by atoms with van der Waals surface area (Å²) in [5.41, 5.74) is -0.0194. The van der Waals surface area contributed by atoms with Gasteiger partial charge in [0.15, 0.2) is 0 Å². The fourth-order valence-electron chi connectivity index (χ4n) is 6.41. The molecule has 5 aliphatic rings. The van der Waals surface area contributed by atoms with Crippen LogP contribution in [-0.2, 0) is 4.79 Å². The number of nitrogens with zero attached hydrogens (tertiary/aromatic N) is 3. The molecule has 5 heteroatoms. The molecular weight excluding hydrogens is 312 g/mol. The van der Waals surface area contributed by atoms with Crippen molar-refractivity contribution in [3.8, 4) is 0 Å². The van der Waals surface area contributed by atoms with E-state index in [2.05, 4.69) is 20.2 Å². The molecule has 5 nitrogen and oxygen atoms in total. The third-order valence-electron chi connectivity index (χ3n) is 7.19. The smallest absolute Gasteiger partial charge is 0.226 e. The largest absolute Gasteiger partial charge is 0.353 e. The number of carbonyl (C=O) groups excluding carboxylic acids is 1. The Morgan fingerprint density at radius 3 is 2.12 bits per heavy atom. The Balaban J connectivity index is 1.20. The van der Waals surface area contributed by atoms with Gasteiger partial charge >= 0.3 is 0 Å². The van der Waals surface area contributed by atoms with Crippen LogP contribution in [0.15, 0.2) is 18.5 Å². The highest BCUT2D eigenvalue weighted by atomic mass is 16.2. The van der Waals surface area contributed by atoms with E-state index in [-0.39, 0.29) is 5.41 Å². The molecule has 0 atom stereocenters. The summed E-state index contributed by atoms with van der Waals surface area (Å²) >= 11 is 0. The van der Waals surface area contributed by atoms with Gasteiger partial charge in [-0.15, -0.1) is 0 Å². The molecule has 1 aliphatic heterocycles. The second-order valence-corrected chi connectivity index (χ2v) is 8.98. The van der Waals surface area contributed by atoms with E-state index in [0.29, 0.717) is 11.9 Å². The molecular formula is C20H28N4O. The summed E-state index contributed by atoms with van der Waals surface area (Å²) in [6.07, 6.45) is 13.2. The minimum Gasteiger partial charge on any atom is -0.353 e. The summed E-state index contributed by atoms with van der Waals surface area (Å²) < 4.78 is 0. The monoisotopic (exact) mass is 340 g/mol. The minimum absolute atomic E-state index is 0.0194. The second-order valence-electron chi connectivity index (χ2n) is 8.98. The first-order valence-corrected chi connectivity index (χ1v) is 10.0. The van der Waals surface area contributed by atoms with Crippen molar-refractivity contribution in [3.63, 3.8) is 0 Å². The number of rotatable bonds is 3. The summed E-state index contributed by atoms with van der Waals surface area (Å²) in [6, 6.07) is 2.17. The van der Waals surface area contributed by atoms with Crippen LogP contribution in [0.4, 0.5) is 5.95 Å². The molecule has 1 aromatic heterocycles. The summed E-state index contributed by atoms with van der Waals surface area (Å²) in [4.78, 5) is 24.1. The van der Waals surface area contributed by atoms with Crippen molar-refractivity contribution in [2.24, 2.45) is 23.2 Å². The summed E-state index contributed by atoms with van der Waals surface area (Å²) in [5, 5.41) is 3.44. The standard InChI is InChI=1S/C20H28N4O/c25-18(20-11-14-8-15(12-20)10-16(9-14)13-20)23-17-2-6-24(7-3-17)19-21-4-1-5-22-19/h1,4-5,14-17H,2-3,6-13H2,(H,23,25). The van der Waals surface area contributed by atoms with E-state index in [0.717, 1.165) is 68.9 Å². The zero-order valence-corrected chi connectivity index (χ0v) is 14.9. The maximum absolute atomic E-state index is 13.2. The number of amides is 1. The van der Waals surface area contributed by atoms with E-state index >= 15 is 0 Å². The third-order valence-corrected chi connectivity index (χ3v) is 7.19. The van der Waals surface area contributed by atoms with Gasteiger partial charge in [-0.1, -0.05) is 0 Å². The lowest BCUT2D eigenvalue weighted by atomic mass is 9.49. The van der Waals surface area contributed by atoms with E-state index in [1.165, 1.54) is 19.3 Å². The number of aromatic nitrogens is 2. The van der Waals surface area contributed by atoms with Crippen LogP contribution < -0.4 is 10.2 Å². The van der Waals surface area contributed by atoms with Gasteiger partial charge in [-0.2, -0.15) is 0 Å². The first kappa shape index (κ1) is 15.6. The van der Waals surface area contributed by atoms with Crippen LogP contribution in [0, 0.1) is 23.2 Å². The van der Waals surface area contributed by atoms with Crippen LogP contribution >= 0.6 is 0 Å². The first-order valence-electron chi connectivity index (χ1n) is 10.0. The maximum Gasteiger partial charge on any atom is 0.226 e. The molecule has 134 valence electrons. The van der Waals surface area contributed by atoms with Crippen molar-refractivity contribution in [3.05, 3.63) is 18.5 Å². The molecule has 4 bridgehead atoms. The molecule has 0 spiro atoms. The lowest BCUT2D eigenvalue weighted by Gasteiger charge is -2.56. The molecule has 1 aromatic rings. The zero-order chi connectivity index (χ0) is 16.9. The molecule has 4 saturated carbocycles. The molecule has 0 aromatic carbocycles. The van der Waals surface area contributed by atoms with Crippen LogP contribution in [0.5, 0.6) is 0 Å². The molecule has 0 radical (unpaired) electrons. The van der Waals surface area contributed by atoms with E-state index in [1.54, 1.807) is 12.4 Å². The molecule has 2 heterocycles. The van der Waals surface area contributed by atoms with Crippen LogP contribution in [0.25, 0.3) is 0 Å². The van der Waals surface area contributed by atoms with Crippen molar-refractivity contribution in [1.29, 1.82) is 0 Å². The number of anilines is 1. The Hall–Kier alpha value is -1.65. The van der Waals surface area contributed by atoms with E-state index in [4.69, 9.17) is 0 Å². The highest BCUT2D eigenvalue weighted by Crippen LogP contribution is 2.60. The van der Waals surface area contributed by atoms with E-state index in [1.807, 2.05) is 6.07 Å². The van der Waals surface area contributed by atoms with Crippen molar-refractivity contribution in [1.82, 2.24) is 15.3 Å². The SMILES string of the molecule is O=C(NC1CCN(c2ncccn2)CC1)C12CC3CC(CC(C3)C1)C2. The number of hydrogen-bond donors (Lipinski definition) is 1. The molecule has 4 aliphatic carbocycles.